The Labute approximate surface area is 101 Å². The van der Waals surface area contributed by atoms with Gasteiger partial charge in [-0.3, -0.25) is 9.13 Å². The molecule has 0 bridgehead atoms. The fraction of sp³-hybridized carbons (Fsp3) is 0.125. The lowest BCUT2D eigenvalue weighted by Gasteiger charge is -2.30. The van der Waals surface area contributed by atoms with Gasteiger partial charge in [0, 0.05) is 0 Å². The third kappa shape index (κ3) is 2.14. The molecule has 0 amide bonds. The molecular weight excluding hydrogens is 286 g/mol. The van der Waals surface area contributed by atoms with Crippen molar-refractivity contribution in [2.75, 3.05) is 0 Å². The van der Waals surface area contributed by atoms with E-state index < -0.39 is 31.6 Å². The molecule has 0 aliphatic rings. The summed E-state index contributed by atoms with van der Waals surface area (Å²) in [7, 11) is -11.3. The molecule has 0 heterocycles. The minimum Gasteiger partial charge on any atom is -0.480 e. The van der Waals surface area contributed by atoms with Gasteiger partial charge >= 0.3 is 21.2 Å². The van der Waals surface area contributed by atoms with Gasteiger partial charge in [0.2, 0.25) is 0 Å². The average molecular weight is 296 g/mol. The van der Waals surface area contributed by atoms with Crippen LogP contribution in [0.3, 0.4) is 0 Å². The molecule has 0 atom stereocenters. The lowest BCUT2D eigenvalue weighted by atomic mass is 10.1. The van der Waals surface area contributed by atoms with Gasteiger partial charge in [0.25, 0.3) is 4.90 Å². The molecule has 0 aliphatic heterocycles. The van der Waals surface area contributed by atoms with Gasteiger partial charge in [-0.25, -0.2) is 4.79 Å². The Kier molecular flexibility index (Phi) is 3.83. The monoisotopic (exact) mass is 296 g/mol. The van der Waals surface area contributed by atoms with Crippen LogP contribution in [0.5, 0.6) is 0 Å². The second-order valence-corrected chi connectivity index (χ2v) is 7.30. The van der Waals surface area contributed by atoms with Crippen LogP contribution in [0.15, 0.2) is 30.3 Å². The third-order valence-electron chi connectivity index (χ3n) is 2.32. The Morgan fingerprint density at radius 3 is 1.61 bits per heavy atom. The number of hydrogen-bond acceptors (Lipinski definition) is 3. The van der Waals surface area contributed by atoms with E-state index in [4.69, 9.17) is 24.7 Å². The van der Waals surface area contributed by atoms with Crippen LogP contribution < -0.4 is 0 Å². The molecule has 0 spiro atoms. The van der Waals surface area contributed by atoms with Gasteiger partial charge in [0.15, 0.2) is 0 Å². The fourth-order valence-electron chi connectivity index (χ4n) is 1.55. The van der Waals surface area contributed by atoms with Crippen LogP contribution in [-0.4, -0.2) is 30.6 Å². The van der Waals surface area contributed by atoms with Crippen LogP contribution in [0.2, 0.25) is 0 Å². The van der Waals surface area contributed by atoms with E-state index >= 15 is 0 Å². The maximum atomic E-state index is 11.4. The molecule has 5 N–H and O–H groups in total. The predicted molar refractivity (Wildman–Crippen MR) is 59.8 cm³/mol. The predicted octanol–water partition coefficient (Wildman–Crippen LogP) is 0.279. The highest BCUT2D eigenvalue weighted by molar-refractivity contribution is 7.73. The SMILES string of the molecule is O=C(O)C(c1ccccc1)(P(=O)(O)O)P(=O)(O)O. The molecular formula is C8H10O8P2. The van der Waals surface area contributed by atoms with Crippen LogP contribution in [-0.2, 0) is 18.8 Å². The van der Waals surface area contributed by atoms with E-state index in [1.54, 1.807) is 0 Å². The molecule has 100 valence electrons. The Morgan fingerprint density at radius 2 is 1.33 bits per heavy atom. The Bertz CT molecular complexity index is 519. The first-order chi connectivity index (χ1) is 8.05. The molecule has 1 aromatic carbocycles. The molecule has 0 radical (unpaired) electrons. The molecule has 18 heavy (non-hydrogen) atoms. The first kappa shape index (κ1) is 15.0. The molecule has 8 nitrogen and oxygen atoms in total. The molecule has 0 saturated heterocycles. The lowest BCUT2D eigenvalue weighted by molar-refractivity contribution is -0.138. The topological polar surface area (TPSA) is 152 Å². The average Bonchev–Trinajstić information content (AvgIpc) is 2.14. The Morgan fingerprint density at radius 1 is 0.944 bits per heavy atom. The third-order valence-corrected chi connectivity index (χ3v) is 6.47. The smallest absolute Gasteiger partial charge is 0.359 e. The summed E-state index contributed by atoms with van der Waals surface area (Å²) in [5.41, 5.74) is -0.654. The molecule has 0 unspecified atom stereocenters. The van der Waals surface area contributed by atoms with Crippen LogP contribution in [0.25, 0.3) is 0 Å². The van der Waals surface area contributed by atoms with E-state index in [1.807, 2.05) is 0 Å². The summed E-state index contributed by atoms with van der Waals surface area (Å²) in [5.74, 6) is -2.28. The minimum absolute atomic E-state index is 0.654. The fourth-order valence-corrected chi connectivity index (χ4v) is 4.38. The number of aliphatic carboxylic acids is 1. The molecule has 0 fully saturated rings. The second-order valence-electron chi connectivity index (χ2n) is 3.43. The van der Waals surface area contributed by atoms with Gasteiger partial charge in [0.1, 0.15) is 0 Å². The van der Waals surface area contributed by atoms with Crippen molar-refractivity contribution in [3.8, 4) is 0 Å². The van der Waals surface area contributed by atoms with Crippen molar-refractivity contribution in [2.45, 2.75) is 4.90 Å². The standard InChI is InChI=1S/C8H10O8P2/c9-7(10)8(17(11,12)13,18(14,15)16)6-4-2-1-3-5-6/h1-5H,(H,9,10)(H2,11,12,13)(H2,14,15,16). The zero-order chi connectivity index (χ0) is 14.2. The summed E-state index contributed by atoms with van der Waals surface area (Å²) in [5, 5.41) is 8.96. The summed E-state index contributed by atoms with van der Waals surface area (Å²) in [6.45, 7) is 0. The van der Waals surface area contributed by atoms with Gasteiger partial charge < -0.3 is 24.7 Å². The summed E-state index contributed by atoms with van der Waals surface area (Å²) >= 11 is 0. The van der Waals surface area contributed by atoms with Crippen molar-refractivity contribution in [3.05, 3.63) is 35.9 Å². The van der Waals surface area contributed by atoms with Crippen LogP contribution >= 0.6 is 15.2 Å². The van der Waals surface area contributed by atoms with Crippen LogP contribution in [0, 0.1) is 0 Å². The van der Waals surface area contributed by atoms with Gasteiger partial charge in [-0.1, -0.05) is 30.3 Å². The molecule has 1 aromatic rings. The number of hydrogen-bond donors (Lipinski definition) is 5. The first-order valence-corrected chi connectivity index (χ1v) is 7.68. The van der Waals surface area contributed by atoms with Gasteiger partial charge in [0.05, 0.1) is 0 Å². The normalized spacial score (nSPS) is 13.3. The van der Waals surface area contributed by atoms with E-state index in [0.29, 0.717) is 0 Å². The highest BCUT2D eigenvalue weighted by atomic mass is 31.2. The van der Waals surface area contributed by atoms with E-state index in [1.165, 1.54) is 18.2 Å². The maximum Gasteiger partial charge on any atom is 0.359 e. The molecule has 10 heteroatoms. The molecule has 0 aliphatic carbocycles. The Balaban J connectivity index is 3.79. The van der Waals surface area contributed by atoms with Crippen molar-refractivity contribution in [2.24, 2.45) is 0 Å². The number of carbonyl (C=O) groups is 1. The summed E-state index contributed by atoms with van der Waals surface area (Å²) in [4.78, 5) is 44.1. The van der Waals surface area contributed by atoms with Crippen LogP contribution in [0.1, 0.15) is 5.56 Å². The van der Waals surface area contributed by atoms with E-state index in [-0.39, 0.29) is 0 Å². The highest BCUT2D eigenvalue weighted by Gasteiger charge is 2.67. The summed E-state index contributed by atoms with van der Waals surface area (Å²) in [6, 6.07) is 5.73. The molecule has 0 aromatic heterocycles. The maximum absolute atomic E-state index is 11.4. The van der Waals surface area contributed by atoms with Gasteiger partial charge in [-0.15, -0.1) is 0 Å². The van der Waals surface area contributed by atoms with Crippen molar-refractivity contribution >= 4 is 21.2 Å². The van der Waals surface area contributed by atoms with Crippen molar-refractivity contribution in [1.29, 1.82) is 0 Å². The minimum atomic E-state index is -5.67. The van der Waals surface area contributed by atoms with Crippen molar-refractivity contribution in [1.82, 2.24) is 0 Å². The number of rotatable bonds is 4. The Hall–Kier alpha value is -1.01. The summed E-state index contributed by atoms with van der Waals surface area (Å²) < 4.78 is 22.7. The highest BCUT2D eigenvalue weighted by Crippen LogP contribution is 2.74. The zero-order valence-electron chi connectivity index (χ0n) is 8.74. The van der Waals surface area contributed by atoms with E-state index in [2.05, 4.69) is 0 Å². The van der Waals surface area contributed by atoms with Crippen molar-refractivity contribution < 1.29 is 38.6 Å². The summed E-state index contributed by atoms with van der Waals surface area (Å²) in [6.07, 6.45) is 0. The quantitative estimate of drug-likeness (QED) is 0.496. The lowest BCUT2D eigenvalue weighted by Crippen LogP contribution is -2.35. The number of carboxylic acid groups (broad SMARTS) is 1. The number of carboxylic acids is 1. The van der Waals surface area contributed by atoms with E-state index in [9.17, 15) is 13.9 Å². The second kappa shape index (κ2) is 4.59. The number of benzene rings is 1. The molecule has 1 rings (SSSR count). The molecule has 0 saturated carbocycles. The van der Waals surface area contributed by atoms with Gasteiger partial charge in [-0.05, 0) is 5.56 Å². The zero-order valence-corrected chi connectivity index (χ0v) is 10.5. The largest absolute Gasteiger partial charge is 0.480 e. The van der Waals surface area contributed by atoms with Crippen LogP contribution in [0.4, 0.5) is 0 Å². The van der Waals surface area contributed by atoms with E-state index in [0.717, 1.165) is 12.1 Å². The first-order valence-electron chi connectivity index (χ1n) is 4.45. The van der Waals surface area contributed by atoms with Crippen molar-refractivity contribution in [3.63, 3.8) is 0 Å². The van der Waals surface area contributed by atoms with Gasteiger partial charge in [-0.2, -0.15) is 0 Å².